The molecule has 0 fully saturated rings. The molecule has 0 amide bonds. The lowest BCUT2D eigenvalue weighted by molar-refractivity contribution is -0.117. The van der Waals surface area contributed by atoms with Crippen LogP contribution in [0.3, 0.4) is 0 Å². The molecule has 0 unspecified atom stereocenters. The average Bonchev–Trinajstić information content (AvgIpc) is 2.15. The van der Waals surface area contributed by atoms with E-state index in [-0.39, 0.29) is 28.6 Å². The Morgan fingerprint density at radius 1 is 1.27 bits per heavy atom. The van der Waals surface area contributed by atoms with Gasteiger partial charge in [-0.15, -0.1) is 0 Å². The van der Waals surface area contributed by atoms with Gasteiger partial charge < -0.3 is 9.47 Å². The Morgan fingerprint density at radius 3 is 2.27 bits per heavy atom. The number of allylic oxidation sites excluding steroid dienone is 2. The van der Waals surface area contributed by atoms with E-state index in [2.05, 4.69) is 0 Å². The first-order chi connectivity index (χ1) is 6.91. The largest absolute Gasteiger partial charge is 0.496 e. The third-order valence-electron chi connectivity index (χ3n) is 1.95. The summed E-state index contributed by atoms with van der Waals surface area (Å²) in [5.74, 6) is -0.357. The van der Waals surface area contributed by atoms with Crippen LogP contribution in [0.1, 0.15) is 6.42 Å². The highest BCUT2D eigenvalue weighted by molar-refractivity contribution is 7.94. The summed E-state index contributed by atoms with van der Waals surface area (Å²) in [5, 5.41) is 0. The number of carbonyl (C=O) groups is 1. The van der Waals surface area contributed by atoms with E-state index in [0.717, 1.165) is 6.26 Å². The van der Waals surface area contributed by atoms with Gasteiger partial charge in [-0.25, -0.2) is 8.42 Å². The van der Waals surface area contributed by atoms with Crippen molar-refractivity contribution < 1.29 is 22.7 Å². The molecule has 1 aliphatic carbocycles. The van der Waals surface area contributed by atoms with Crippen molar-refractivity contribution >= 4 is 15.6 Å². The van der Waals surface area contributed by atoms with Gasteiger partial charge in [0.2, 0.25) is 5.78 Å². The van der Waals surface area contributed by atoms with Crippen LogP contribution in [0.2, 0.25) is 0 Å². The third kappa shape index (κ3) is 2.20. The Hall–Kier alpha value is -1.30. The van der Waals surface area contributed by atoms with E-state index in [1.165, 1.54) is 20.3 Å². The molecule has 5 nitrogen and oxygen atoms in total. The molecule has 84 valence electrons. The lowest BCUT2D eigenvalue weighted by Crippen LogP contribution is -2.19. The second kappa shape index (κ2) is 4.06. The molecule has 0 heterocycles. The average molecular weight is 232 g/mol. The number of carbonyl (C=O) groups excluding carboxylic acids is 1. The second-order valence-electron chi connectivity index (χ2n) is 3.03. The predicted molar refractivity (Wildman–Crippen MR) is 53.6 cm³/mol. The molecule has 0 N–H and O–H groups in total. The predicted octanol–water partition coefficient (Wildman–Crippen LogP) is 0.392. The van der Waals surface area contributed by atoms with Gasteiger partial charge in [-0.05, 0) is 6.08 Å². The number of rotatable bonds is 3. The molecule has 0 aromatic carbocycles. The minimum Gasteiger partial charge on any atom is -0.496 e. The summed E-state index contributed by atoms with van der Waals surface area (Å²) < 4.78 is 32.6. The van der Waals surface area contributed by atoms with Crippen LogP contribution in [-0.2, 0) is 24.1 Å². The number of hydrogen-bond donors (Lipinski definition) is 0. The van der Waals surface area contributed by atoms with E-state index in [1.54, 1.807) is 0 Å². The number of ether oxygens (including phenoxy) is 2. The first-order valence-corrected chi connectivity index (χ1v) is 6.07. The van der Waals surface area contributed by atoms with E-state index in [4.69, 9.17) is 9.47 Å². The lowest BCUT2D eigenvalue weighted by atomic mass is 10.1. The van der Waals surface area contributed by atoms with Crippen LogP contribution < -0.4 is 0 Å². The van der Waals surface area contributed by atoms with Gasteiger partial charge in [0, 0.05) is 12.7 Å². The standard InChI is InChI=1S/C9H12O5S/c1-13-7-5-4-6(10)8(14-2)9(7)15(3,11)12/h5H,4H2,1-3H3. The molecular weight excluding hydrogens is 220 g/mol. The quantitative estimate of drug-likeness (QED) is 0.704. The summed E-state index contributed by atoms with van der Waals surface area (Å²) in [4.78, 5) is 11.2. The molecule has 0 bridgehead atoms. The van der Waals surface area contributed by atoms with Gasteiger partial charge in [0.1, 0.15) is 5.76 Å². The van der Waals surface area contributed by atoms with Crippen LogP contribution >= 0.6 is 0 Å². The minimum absolute atomic E-state index is 0.0887. The van der Waals surface area contributed by atoms with E-state index in [1.807, 2.05) is 0 Å². The Kier molecular flexibility index (Phi) is 3.18. The van der Waals surface area contributed by atoms with Crippen LogP contribution in [0.25, 0.3) is 0 Å². The number of Topliss-reactive ketones (excluding diaryl/α,β-unsaturated/α-hetero) is 1. The summed E-state index contributed by atoms with van der Waals surface area (Å²) >= 11 is 0. The topological polar surface area (TPSA) is 69.7 Å². The number of sulfone groups is 1. The Morgan fingerprint density at radius 2 is 1.87 bits per heavy atom. The molecule has 15 heavy (non-hydrogen) atoms. The first-order valence-electron chi connectivity index (χ1n) is 4.18. The van der Waals surface area contributed by atoms with Crippen LogP contribution in [-0.4, -0.2) is 34.7 Å². The van der Waals surface area contributed by atoms with Gasteiger partial charge in [0.05, 0.1) is 14.2 Å². The smallest absolute Gasteiger partial charge is 0.202 e. The zero-order chi connectivity index (χ0) is 11.6. The number of ketones is 1. The van der Waals surface area contributed by atoms with Crippen molar-refractivity contribution in [2.75, 3.05) is 20.5 Å². The fraction of sp³-hybridized carbons (Fsp3) is 0.444. The third-order valence-corrected chi connectivity index (χ3v) is 3.08. The van der Waals surface area contributed by atoms with Crippen molar-refractivity contribution in [3.05, 3.63) is 22.5 Å². The van der Waals surface area contributed by atoms with Crippen LogP contribution in [0.15, 0.2) is 22.5 Å². The molecular formula is C9H12O5S. The van der Waals surface area contributed by atoms with Crippen molar-refractivity contribution in [1.82, 2.24) is 0 Å². The molecule has 0 spiro atoms. The highest BCUT2D eigenvalue weighted by Crippen LogP contribution is 2.27. The molecule has 0 aliphatic heterocycles. The maximum absolute atomic E-state index is 11.5. The Bertz CT molecular complexity index is 441. The maximum atomic E-state index is 11.5. The van der Waals surface area contributed by atoms with Gasteiger partial charge in [-0.1, -0.05) is 0 Å². The van der Waals surface area contributed by atoms with Gasteiger partial charge in [-0.3, -0.25) is 4.79 Å². The summed E-state index contributed by atoms with van der Waals surface area (Å²) in [6, 6.07) is 0. The zero-order valence-corrected chi connectivity index (χ0v) is 9.55. The highest BCUT2D eigenvalue weighted by Gasteiger charge is 2.31. The second-order valence-corrected chi connectivity index (χ2v) is 4.99. The fourth-order valence-corrected chi connectivity index (χ4v) is 2.41. The van der Waals surface area contributed by atoms with Crippen molar-refractivity contribution in [2.45, 2.75) is 6.42 Å². The van der Waals surface area contributed by atoms with Gasteiger partial charge >= 0.3 is 0 Å². The van der Waals surface area contributed by atoms with Crippen molar-refractivity contribution in [2.24, 2.45) is 0 Å². The summed E-state index contributed by atoms with van der Waals surface area (Å²) in [6.45, 7) is 0. The molecule has 1 aliphatic rings. The molecule has 0 aromatic rings. The van der Waals surface area contributed by atoms with Crippen LogP contribution in [0.5, 0.6) is 0 Å². The van der Waals surface area contributed by atoms with E-state index in [0.29, 0.717) is 0 Å². The molecule has 0 atom stereocenters. The van der Waals surface area contributed by atoms with Gasteiger partial charge in [0.25, 0.3) is 0 Å². The SMILES string of the molecule is COC1=CCC(=O)C(OC)=C1S(C)(=O)=O. The molecule has 1 rings (SSSR count). The minimum atomic E-state index is -3.54. The summed E-state index contributed by atoms with van der Waals surface area (Å²) in [7, 11) is -0.933. The fourth-order valence-electron chi connectivity index (χ4n) is 1.34. The zero-order valence-electron chi connectivity index (χ0n) is 8.73. The van der Waals surface area contributed by atoms with Crippen LogP contribution in [0.4, 0.5) is 0 Å². The first kappa shape index (κ1) is 11.8. The molecule has 0 aromatic heterocycles. The van der Waals surface area contributed by atoms with Crippen LogP contribution in [0, 0.1) is 0 Å². The van der Waals surface area contributed by atoms with Crippen molar-refractivity contribution in [1.29, 1.82) is 0 Å². The van der Waals surface area contributed by atoms with Crippen molar-refractivity contribution in [3.8, 4) is 0 Å². The molecule has 0 radical (unpaired) electrons. The normalized spacial score (nSPS) is 17.5. The number of hydrogen-bond acceptors (Lipinski definition) is 5. The summed E-state index contributed by atoms with van der Waals surface area (Å²) in [6.07, 6.45) is 2.53. The van der Waals surface area contributed by atoms with E-state index in [9.17, 15) is 13.2 Å². The highest BCUT2D eigenvalue weighted by atomic mass is 32.2. The number of methoxy groups -OCH3 is 2. The Balaban J connectivity index is 3.44. The van der Waals surface area contributed by atoms with Crippen molar-refractivity contribution in [3.63, 3.8) is 0 Å². The summed E-state index contributed by atoms with van der Waals surface area (Å²) in [5.41, 5.74) is 0. The lowest BCUT2D eigenvalue weighted by Gasteiger charge is -2.17. The van der Waals surface area contributed by atoms with E-state index >= 15 is 0 Å². The Labute approximate surface area is 88.3 Å². The molecule has 0 saturated heterocycles. The van der Waals surface area contributed by atoms with E-state index < -0.39 is 9.84 Å². The van der Waals surface area contributed by atoms with Gasteiger partial charge in [-0.2, -0.15) is 0 Å². The monoisotopic (exact) mass is 232 g/mol. The van der Waals surface area contributed by atoms with Gasteiger partial charge in [0.15, 0.2) is 20.5 Å². The maximum Gasteiger partial charge on any atom is 0.202 e. The molecule has 0 saturated carbocycles. The molecule has 6 heteroatoms.